The molecule has 6 nitrogen and oxygen atoms in total. The first-order chi connectivity index (χ1) is 11.4. The molecule has 0 saturated heterocycles. The molecule has 0 radical (unpaired) electrons. The van der Waals surface area contributed by atoms with Gasteiger partial charge in [-0.1, -0.05) is 43.8 Å². The maximum atomic E-state index is 12.5. The first-order valence-electron chi connectivity index (χ1n) is 7.87. The quantitative estimate of drug-likeness (QED) is 0.548. The highest BCUT2D eigenvalue weighted by Gasteiger charge is 2.18. The Morgan fingerprint density at radius 1 is 1.21 bits per heavy atom. The van der Waals surface area contributed by atoms with E-state index < -0.39 is 0 Å². The number of nitrogens with zero attached hydrogens (tertiary/aromatic N) is 2. The summed E-state index contributed by atoms with van der Waals surface area (Å²) in [5, 5.41) is 3.01. The highest BCUT2D eigenvalue weighted by atomic mass is 32.2. The van der Waals surface area contributed by atoms with E-state index in [0.717, 1.165) is 17.7 Å². The van der Waals surface area contributed by atoms with Crippen molar-refractivity contribution in [2.45, 2.75) is 43.5 Å². The van der Waals surface area contributed by atoms with Crippen molar-refractivity contribution in [3.8, 4) is 0 Å². The topological polar surface area (TPSA) is 107 Å². The number of carbonyl (C=O) groups is 1. The number of carbonyl (C=O) groups excluding carboxylic acids is 1. The fraction of sp³-hybridized carbons (Fsp3) is 0.353. The Labute approximate surface area is 146 Å². The van der Waals surface area contributed by atoms with E-state index in [9.17, 15) is 4.79 Å². The number of thioether (sulfide) groups is 1. The van der Waals surface area contributed by atoms with Gasteiger partial charge in [0.2, 0.25) is 5.91 Å². The van der Waals surface area contributed by atoms with Crippen molar-refractivity contribution in [1.29, 1.82) is 0 Å². The number of nitrogens with one attached hydrogen (secondary N) is 1. The summed E-state index contributed by atoms with van der Waals surface area (Å²) in [5.41, 5.74) is 13.3. The molecule has 0 aliphatic carbocycles. The molecule has 0 aliphatic rings. The van der Waals surface area contributed by atoms with Crippen LogP contribution in [0.2, 0.25) is 0 Å². The normalized spacial score (nSPS) is 13.3. The van der Waals surface area contributed by atoms with E-state index in [1.165, 1.54) is 17.8 Å². The molecule has 5 N–H and O–H groups in total. The lowest BCUT2D eigenvalue weighted by atomic mass is 9.97. The third kappa shape index (κ3) is 4.61. The number of nitrogen functional groups attached to an aromatic ring is 2. The first-order valence-corrected chi connectivity index (χ1v) is 8.75. The number of para-hydroxylation sites is 1. The van der Waals surface area contributed by atoms with Crippen molar-refractivity contribution in [2.24, 2.45) is 0 Å². The van der Waals surface area contributed by atoms with Gasteiger partial charge in [-0.3, -0.25) is 4.79 Å². The highest BCUT2D eigenvalue weighted by Crippen LogP contribution is 2.28. The number of hydrogen-bond donors (Lipinski definition) is 3. The molecule has 0 spiro atoms. The summed E-state index contributed by atoms with van der Waals surface area (Å²) in [6.07, 6.45) is 1.01. The number of benzene rings is 1. The second kappa shape index (κ2) is 8.01. The largest absolute Gasteiger partial charge is 0.383 e. The van der Waals surface area contributed by atoms with Gasteiger partial charge in [-0.15, -0.1) is 0 Å². The Morgan fingerprint density at radius 2 is 1.83 bits per heavy atom. The molecule has 128 valence electrons. The van der Waals surface area contributed by atoms with Crippen molar-refractivity contribution >= 4 is 35.0 Å². The Bertz CT molecular complexity index is 702. The molecule has 24 heavy (non-hydrogen) atoms. The van der Waals surface area contributed by atoms with Crippen molar-refractivity contribution in [1.82, 2.24) is 9.97 Å². The molecule has 7 heteroatoms. The summed E-state index contributed by atoms with van der Waals surface area (Å²) in [4.78, 5) is 20.7. The Morgan fingerprint density at radius 3 is 2.46 bits per heavy atom. The van der Waals surface area contributed by atoms with E-state index in [1.54, 1.807) is 6.92 Å². The van der Waals surface area contributed by atoms with Gasteiger partial charge in [0.1, 0.15) is 11.6 Å². The lowest BCUT2D eigenvalue weighted by Crippen LogP contribution is -2.23. The van der Waals surface area contributed by atoms with Crippen LogP contribution in [0.25, 0.3) is 0 Å². The smallest absolute Gasteiger partial charge is 0.237 e. The summed E-state index contributed by atoms with van der Waals surface area (Å²) in [6.45, 7) is 6.07. The van der Waals surface area contributed by atoms with Crippen molar-refractivity contribution in [2.75, 3.05) is 16.8 Å². The fourth-order valence-corrected chi connectivity index (χ4v) is 3.02. The summed E-state index contributed by atoms with van der Waals surface area (Å²) < 4.78 is 0. The molecule has 0 saturated carbocycles. The summed E-state index contributed by atoms with van der Waals surface area (Å²) in [5.74, 6) is 0.848. The minimum atomic E-state index is -0.379. The second-order valence-corrected chi connectivity index (χ2v) is 6.95. The van der Waals surface area contributed by atoms with Crippen LogP contribution < -0.4 is 16.8 Å². The highest BCUT2D eigenvalue weighted by molar-refractivity contribution is 8.00. The van der Waals surface area contributed by atoms with Crippen LogP contribution in [0.5, 0.6) is 0 Å². The minimum absolute atomic E-state index is 0.111. The zero-order valence-electron chi connectivity index (χ0n) is 14.1. The van der Waals surface area contributed by atoms with Gasteiger partial charge in [0.15, 0.2) is 5.16 Å². The predicted molar refractivity (Wildman–Crippen MR) is 100.0 cm³/mol. The number of nitrogens with two attached hydrogens (primary N) is 2. The fourth-order valence-electron chi connectivity index (χ4n) is 2.22. The van der Waals surface area contributed by atoms with Crippen molar-refractivity contribution < 1.29 is 4.79 Å². The summed E-state index contributed by atoms with van der Waals surface area (Å²) in [6, 6.07) is 9.35. The van der Waals surface area contributed by atoms with Gasteiger partial charge in [0.25, 0.3) is 0 Å². The van der Waals surface area contributed by atoms with Crippen LogP contribution >= 0.6 is 11.8 Å². The molecule has 2 rings (SSSR count). The first kappa shape index (κ1) is 18.1. The van der Waals surface area contributed by atoms with Crippen LogP contribution in [-0.4, -0.2) is 21.1 Å². The van der Waals surface area contributed by atoms with Gasteiger partial charge in [-0.2, -0.15) is 0 Å². The van der Waals surface area contributed by atoms with Gasteiger partial charge < -0.3 is 16.8 Å². The third-order valence-electron chi connectivity index (χ3n) is 3.76. The molecule has 0 aliphatic heterocycles. The molecular weight excluding hydrogens is 322 g/mol. The molecule has 1 heterocycles. The number of aromatic nitrogens is 2. The molecule has 1 amide bonds. The average molecular weight is 345 g/mol. The number of amides is 1. The maximum Gasteiger partial charge on any atom is 0.237 e. The van der Waals surface area contributed by atoms with Crippen LogP contribution in [0.15, 0.2) is 35.5 Å². The molecule has 0 fully saturated rings. The number of rotatable bonds is 6. The minimum Gasteiger partial charge on any atom is -0.383 e. The van der Waals surface area contributed by atoms with E-state index in [0.29, 0.717) is 22.7 Å². The van der Waals surface area contributed by atoms with Gasteiger partial charge in [-0.25, -0.2) is 9.97 Å². The summed E-state index contributed by atoms with van der Waals surface area (Å²) in [7, 11) is 0. The van der Waals surface area contributed by atoms with Crippen LogP contribution in [0.4, 0.5) is 17.3 Å². The Balaban J connectivity index is 2.09. The van der Waals surface area contributed by atoms with Gasteiger partial charge in [-0.05, 0) is 30.9 Å². The van der Waals surface area contributed by atoms with Crippen LogP contribution in [-0.2, 0) is 4.79 Å². The zero-order valence-corrected chi connectivity index (χ0v) is 14.9. The van der Waals surface area contributed by atoms with E-state index >= 15 is 0 Å². The Hall–Kier alpha value is -2.28. The number of anilines is 3. The van der Waals surface area contributed by atoms with Crippen molar-refractivity contribution in [3.63, 3.8) is 0 Å². The van der Waals surface area contributed by atoms with Gasteiger partial charge in [0, 0.05) is 11.8 Å². The van der Waals surface area contributed by atoms with Crippen LogP contribution in [0.3, 0.4) is 0 Å². The third-order valence-corrected chi connectivity index (χ3v) is 4.72. The average Bonchev–Trinajstić information content (AvgIpc) is 2.53. The van der Waals surface area contributed by atoms with E-state index in [1.807, 2.05) is 24.3 Å². The van der Waals surface area contributed by atoms with Crippen LogP contribution in [0, 0.1) is 0 Å². The van der Waals surface area contributed by atoms with Crippen LogP contribution in [0.1, 0.15) is 38.7 Å². The standard InChI is InChI=1S/C17H23N5OS/c1-4-10(2)12-7-5-6-8-13(12)20-16(23)11(3)24-17-21-14(18)9-15(19)22-17/h5-11H,4H2,1-3H3,(H,20,23)(H4,18,19,21,22)/t10-,11+/m1/s1. The lowest BCUT2D eigenvalue weighted by molar-refractivity contribution is -0.115. The maximum absolute atomic E-state index is 12.5. The molecule has 0 bridgehead atoms. The molecule has 2 atom stereocenters. The van der Waals surface area contributed by atoms with E-state index in [4.69, 9.17) is 11.5 Å². The van der Waals surface area contributed by atoms with Crippen molar-refractivity contribution in [3.05, 3.63) is 35.9 Å². The zero-order chi connectivity index (χ0) is 17.7. The summed E-state index contributed by atoms with van der Waals surface area (Å²) >= 11 is 1.23. The molecule has 1 aromatic heterocycles. The van der Waals surface area contributed by atoms with E-state index in [2.05, 4.69) is 29.1 Å². The monoisotopic (exact) mass is 345 g/mol. The second-order valence-electron chi connectivity index (χ2n) is 5.65. The number of hydrogen-bond acceptors (Lipinski definition) is 6. The Kier molecular flexibility index (Phi) is 6.03. The van der Waals surface area contributed by atoms with Gasteiger partial charge in [0.05, 0.1) is 5.25 Å². The van der Waals surface area contributed by atoms with Gasteiger partial charge >= 0.3 is 0 Å². The molecule has 1 aromatic carbocycles. The molecule has 0 unspecified atom stereocenters. The molecule has 2 aromatic rings. The molecular formula is C17H23N5OS. The van der Waals surface area contributed by atoms with E-state index in [-0.39, 0.29) is 11.2 Å². The SMILES string of the molecule is CC[C@@H](C)c1ccccc1NC(=O)[C@H](C)Sc1nc(N)cc(N)n1. The lowest BCUT2D eigenvalue weighted by Gasteiger charge is -2.17. The predicted octanol–water partition coefficient (Wildman–Crippen LogP) is 3.27.